The Hall–Kier alpha value is -2.97. The number of aliphatic hydroxyl groups is 1. The van der Waals surface area contributed by atoms with Gasteiger partial charge in [-0.15, -0.1) is 0 Å². The number of carbonyl (C=O) groups excluding carboxylic acids is 1. The van der Waals surface area contributed by atoms with Crippen molar-refractivity contribution >= 4 is 32.5 Å². The minimum atomic E-state index is -3.78. The van der Waals surface area contributed by atoms with Crippen LogP contribution < -0.4 is 4.72 Å². The lowest BCUT2D eigenvalue weighted by Gasteiger charge is -2.24. The van der Waals surface area contributed by atoms with E-state index in [4.69, 9.17) is 0 Å². The number of nitrogens with zero attached hydrogens (tertiary/aromatic N) is 2. The molecule has 5 rings (SSSR count). The maximum absolute atomic E-state index is 12.9. The molecule has 3 aromatic rings. The minimum Gasteiger partial charge on any atom is -0.391 e. The number of aromatic nitrogens is 1. The van der Waals surface area contributed by atoms with Crippen molar-refractivity contribution in [2.75, 3.05) is 17.8 Å². The van der Waals surface area contributed by atoms with E-state index in [0.29, 0.717) is 47.4 Å². The number of benzene rings is 2. The number of carbonyl (C=O) groups is 1. The molecular formula is C21H19N3O4S. The van der Waals surface area contributed by atoms with Gasteiger partial charge in [0.1, 0.15) is 0 Å². The molecule has 1 saturated heterocycles. The molecule has 1 amide bonds. The molecule has 0 spiro atoms. The molecule has 2 N–H and O–H groups in total. The van der Waals surface area contributed by atoms with Gasteiger partial charge in [0.25, 0.3) is 15.9 Å². The number of hydrogen-bond acceptors (Lipinski definition) is 5. The Morgan fingerprint density at radius 3 is 2.83 bits per heavy atom. The SMILES string of the molecule is Cc1cc2c(c3ncccc13)NS(=O)(=O)c1ccc(C(=O)N3CCC(O)C3)cc1-2. The first-order valence-electron chi connectivity index (χ1n) is 9.38. The van der Waals surface area contributed by atoms with E-state index in [1.165, 1.54) is 12.1 Å². The molecule has 2 aliphatic heterocycles. The van der Waals surface area contributed by atoms with Crippen LogP contribution in [0.3, 0.4) is 0 Å². The van der Waals surface area contributed by atoms with Crippen molar-refractivity contribution in [2.24, 2.45) is 0 Å². The summed E-state index contributed by atoms with van der Waals surface area (Å²) in [6, 6.07) is 10.3. The zero-order chi connectivity index (χ0) is 20.3. The third-order valence-corrected chi connectivity index (χ3v) is 7.00. The van der Waals surface area contributed by atoms with Gasteiger partial charge in [-0.2, -0.15) is 0 Å². The highest BCUT2D eigenvalue weighted by Gasteiger charge is 2.32. The Morgan fingerprint density at radius 1 is 1.24 bits per heavy atom. The van der Waals surface area contributed by atoms with Crippen molar-refractivity contribution in [3.63, 3.8) is 0 Å². The zero-order valence-electron chi connectivity index (χ0n) is 15.7. The summed E-state index contributed by atoms with van der Waals surface area (Å²) in [6.45, 7) is 2.73. The van der Waals surface area contributed by atoms with Crippen LogP contribution in [0.15, 0.2) is 47.5 Å². The number of anilines is 1. The predicted molar refractivity (Wildman–Crippen MR) is 109 cm³/mol. The fraction of sp³-hybridized carbons (Fsp3) is 0.238. The molecular weight excluding hydrogens is 390 g/mol. The Morgan fingerprint density at radius 2 is 2.07 bits per heavy atom. The number of likely N-dealkylation sites (tertiary alicyclic amines) is 1. The van der Waals surface area contributed by atoms with Gasteiger partial charge < -0.3 is 10.0 Å². The summed E-state index contributed by atoms with van der Waals surface area (Å²) in [5.41, 5.74) is 3.57. The summed E-state index contributed by atoms with van der Waals surface area (Å²) in [5, 5.41) is 10.6. The summed E-state index contributed by atoms with van der Waals surface area (Å²) in [4.78, 5) is 19.0. The first kappa shape index (κ1) is 18.1. The summed E-state index contributed by atoms with van der Waals surface area (Å²) in [6.07, 6.45) is 1.67. The van der Waals surface area contributed by atoms with Gasteiger partial charge in [0.05, 0.1) is 22.2 Å². The van der Waals surface area contributed by atoms with Crippen molar-refractivity contribution in [2.45, 2.75) is 24.3 Å². The smallest absolute Gasteiger partial charge is 0.262 e. The Kier molecular flexibility index (Phi) is 3.91. The zero-order valence-corrected chi connectivity index (χ0v) is 16.5. The number of hydrogen-bond donors (Lipinski definition) is 2. The second kappa shape index (κ2) is 6.27. The molecule has 2 aliphatic rings. The van der Waals surface area contributed by atoms with E-state index in [2.05, 4.69) is 9.71 Å². The maximum Gasteiger partial charge on any atom is 0.262 e. The van der Waals surface area contributed by atoms with E-state index >= 15 is 0 Å². The number of fused-ring (bicyclic) bond motifs is 5. The molecule has 0 radical (unpaired) electrons. The van der Waals surface area contributed by atoms with E-state index in [1.807, 2.05) is 25.1 Å². The second-order valence-corrected chi connectivity index (χ2v) is 9.18. The van der Waals surface area contributed by atoms with Crippen LogP contribution in [-0.2, 0) is 10.0 Å². The molecule has 1 unspecified atom stereocenters. The van der Waals surface area contributed by atoms with Crippen LogP contribution in [0.5, 0.6) is 0 Å². The molecule has 148 valence electrons. The van der Waals surface area contributed by atoms with Crippen molar-refractivity contribution in [1.29, 1.82) is 0 Å². The highest BCUT2D eigenvalue weighted by molar-refractivity contribution is 7.93. The van der Waals surface area contributed by atoms with E-state index in [9.17, 15) is 18.3 Å². The fourth-order valence-corrected chi connectivity index (χ4v) is 5.43. The first-order valence-corrected chi connectivity index (χ1v) is 10.9. The van der Waals surface area contributed by atoms with Gasteiger partial charge in [-0.05, 0) is 49.2 Å². The molecule has 0 bridgehead atoms. The molecule has 1 atom stereocenters. The third-order valence-electron chi connectivity index (χ3n) is 5.59. The lowest BCUT2D eigenvalue weighted by Crippen LogP contribution is -2.29. The van der Waals surface area contributed by atoms with Crippen LogP contribution in [0.2, 0.25) is 0 Å². The van der Waals surface area contributed by atoms with Crippen LogP contribution in [0, 0.1) is 6.92 Å². The lowest BCUT2D eigenvalue weighted by atomic mass is 9.96. The van der Waals surface area contributed by atoms with Gasteiger partial charge in [0.2, 0.25) is 0 Å². The molecule has 0 saturated carbocycles. The van der Waals surface area contributed by atoms with Crippen LogP contribution in [0.4, 0.5) is 5.69 Å². The number of aliphatic hydroxyl groups excluding tert-OH is 1. The van der Waals surface area contributed by atoms with Gasteiger partial charge in [-0.25, -0.2) is 8.42 Å². The van der Waals surface area contributed by atoms with Crippen molar-refractivity contribution in [3.05, 3.63) is 53.7 Å². The predicted octanol–water partition coefficient (Wildman–Crippen LogP) is 2.53. The average molecular weight is 409 g/mol. The number of sulfonamides is 1. The Bertz CT molecular complexity index is 1290. The first-order chi connectivity index (χ1) is 13.8. The fourth-order valence-electron chi connectivity index (χ4n) is 4.14. The lowest BCUT2D eigenvalue weighted by molar-refractivity contribution is 0.0765. The molecule has 3 heterocycles. The summed E-state index contributed by atoms with van der Waals surface area (Å²) < 4.78 is 28.4. The standard InChI is InChI=1S/C21H19N3O4S/c1-12-9-17-16-10-13(21(26)24-8-6-14(25)11-24)4-5-18(16)29(27,28)23-20(17)19-15(12)3-2-7-22-19/h2-5,7,9-10,14,23,25H,6,8,11H2,1H3. The minimum absolute atomic E-state index is 0.137. The van der Waals surface area contributed by atoms with E-state index < -0.39 is 16.1 Å². The van der Waals surface area contributed by atoms with Crippen LogP contribution in [-0.4, -0.2) is 48.5 Å². The number of pyridine rings is 1. The highest BCUT2D eigenvalue weighted by atomic mass is 32.2. The van der Waals surface area contributed by atoms with Gasteiger partial charge in [-0.1, -0.05) is 6.07 Å². The highest BCUT2D eigenvalue weighted by Crippen LogP contribution is 2.43. The number of nitrogens with one attached hydrogen (secondary N) is 1. The summed E-state index contributed by atoms with van der Waals surface area (Å²) >= 11 is 0. The summed E-state index contributed by atoms with van der Waals surface area (Å²) in [5.74, 6) is -0.211. The third kappa shape index (κ3) is 2.79. The number of amides is 1. The van der Waals surface area contributed by atoms with Gasteiger partial charge in [0.15, 0.2) is 0 Å². The normalized spacial score (nSPS) is 19.5. The average Bonchev–Trinajstić information content (AvgIpc) is 3.15. The van der Waals surface area contributed by atoms with E-state index in [1.54, 1.807) is 17.2 Å². The van der Waals surface area contributed by atoms with Crippen LogP contribution >= 0.6 is 0 Å². The van der Waals surface area contributed by atoms with Crippen LogP contribution in [0.1, 0.15) is 22.3 Å². The number of rotatable bonds is 1. The van der Waals surface area contributed by atoms with Gasteiger partial charge in [0, 0.05) is 41.4 Å². The second-order valence-electron chi connectivity index (χ2n) is 7.53. The maximum atomic E-state index is 12.9. The number of aryl methyl sites for hydroxylation is 1. The van der Waals surface area contributed by atoms with E-state index in [0.717, 1.165) is 10.9 Å². The molecule has 2 aromatic carbocycles. The Balaban J connectivity index is 1.72. The molecule has 8 heteroatoms. The van der Waals surface area contributed by atoms with E-state index in [-0.39, 0.29) is 10.8 Å². The molecule has 29 heavy (non-hydrogen) atoms. The number of β-amino-alcohol motifs (C(OH)–C–C–N with tert-alkyl or cyclic N) is 1. The van der Waals surface area contributed by atoms with Gasteiger partial charge in [-0.3, -0.25) is 14.5 Å². The molecule has 1 fully saturated rings. The van der Waals surface area contributed by atoms with Crippen molar-refractivity contribution in [3.8, 4) is 11.1 Å². The molecule has 1 aromatic heterocycles. The van der Waals surface area contributed by atoms with Crippen molar-refractivity contribution in [1.82, 2.24) is 9.88 Å². The largest absolute Gasteiger partial charge is 0.391 e. The quantitative estimate of drug-likeness (QED) is 0.643. The monoisotopic (exact) mass is 409 g/mol. The summed E-state index contributed by atoms with van der Waals surface area (Å²) in [7, 11) is -3.78. The van der Waals surface area contributed by atoms with Crippen molar-refractivity contribution < 1.29 is 18.3 Å². The topological polar surface area (TPSA) is 99.6 Å². The Labute approximate surface area is 168 Å². The molecule has 0 aliphatic carbocycles. The van der Waals surface area contributed by atoms with Gasteiger partial charge >= 0.3 is 0 Å². The van der Waals surface area contributed by atoms with Crippen LogP contribution in [0.25, 0.3) is 22.0 Å². The molecule has 7 nitrogen and oxygen atoms in total.